The lowest BCUT2D eigenvalue weighted by Crippen LogP contribution is -2.24. The van der Waals surface area contributed by atoms with Gasteiger partial charge in [0.05, 0.1) is 6.10 Å². The van der Waals surface area contributed by atoms with Crippen LogP contribution in [0.5, 0.6) is 0 Å². The molecular formula is C8H16F2O. The fourth-order valence-electron chi connectivity index (χ4n) is 0.828. The molecule has 0 fully saturated rings. The molecule has 0 aliphatic rings. The highest BCUT2D eigenvalue weighted by molar-refractivity contribution is 4.64. The molecule has 0 aromatic rings. The summed E-state index contributed by atoms with van der Waals surface area (Å²) in [7, 11) is 0. The van der Waals surface area contributed by atoms with Crippen LogP contribution in [0.3, 0.4) is 0 Å². The van der Waals surface area contributed by atoms with Gasteiger partial charge in [-0.25, -0.2) is 0 Å². The molecule has 0 saturated heterocycles. The third-order valence-electron chi connectivity index (χ3n) is 2.11. The Kier molecular flexibility index (Phi) is 4.57. The maximum Gasteiger partial charge on any atom is 0.345 e. The van der Waals surface area contributed by atoms with Gasteiger partial charge in [0.2, 0.25) is 0 Å². The van der Waals surface area contributed by atoms with E-state index < -0.39 is 6.61 Å². The highest BCUT2D eigenvalue weighted by atomic mass is 19.3. The molecule has 0 amide bonds. The summed E-state index contributed by atoms with van der Waals surface area (Å²) in [6.07, 6.45) is -0.366. The molecule has 2 unspecified atom stereocenters. The van der Waals surface area contributed by atoms with Crippen molar-refractivity contribution in [2.75, 3.05) is 0 Å². The number of hydrogen-bond acceptors (Lipinski definition) is 1. The zero-order chi connectivity index (χ0) is 9.02. The van der Waals surface area contributed by atoms with Crippen molar-refractivity contribution in [3.63, 3.8) is 0 Å². The Morgan fingerprint density at radius 2 is 1.45 bits per heavy atom. The average molecular weight is 166 g/mol. The molecule has 0 N–H and O–H groups in total. The third-order valence-corrected chi connectivity index (χ3v) is 2.11. The summed E-state index contributed by atoms with van der Waals surface area (Å²) in [5.74, 6) is 0.549. The van der Waals surface area contributed by atoms with Gasteiger partial charge in [-0.15, -0.1) is 0 Å². The summed E-state index contributed by atoms with van der Waals surface area (Å²) >= 11 is 0. The van der Waals surface area contributed by atoms with Crippen molar-refractivity contribution in [3.05, 3.63) is 0 Å². The molecule has 0 rings (SSSR count). The molecule has 2 atom stereocenters. The predicted molar refractivity (Wildman–Crippen MR) is 40.6 cm³/mol. The van der Waals surface area contributed by atoms with E-state index in [1.54, 1.807) is 6.92 Å². The maximum atomic E-state index is 11.7. The molecule has 0 aliphatic carbocycles. The molecule has 0 aliphatic heterocycles. The van der Waals surface area contributed by atoms with Crippen molar-refractivity contribution < 1.29 is 13.5 Å². The average Bonchev–Trinajstić information content (AvgIpc) is 1.84. The van der Waals surface area contributed by atoms with Crippen LogP contribution in [0, 0.1) is 11.8 Å². The van der Waals surface area contributed by atoms with Crippen LogP contribution in [0.2, 0.25) is 0 Å². The minimum atomic E-state index is -2.65. The van der Waals surface area contributed by atoms with Crippen LogP contribution >= 0.6 is 0 Å². The Morgan fingerprint density at radius 1 is 1.00 bits per heavy atom. The van der Waals surface area contributed by atoms with Gasteiger partial charge in [0.25, 0.3) is 0 Å². The molecule has 0 aromatic carbocycles. The quantitative estimate of drug-likeness (QED) is 0.624. The van der Waals surface area contributed by atoms with Crippen molar-refractivity contribution in [1.29, 1.82) is 0 Å². The second kappa shape index (κ2) is 4.65. The molecule has 11 heavy (non-hydrogen) atoms. The van der Waals surface area contributed by atoms with Crippen molar-refractivity contribution in [1.82, 2.24) is 0 Å². The summed E-state index contributed by atoms with van der Waals surface area (Å²) < 4.78 is 27.7. The first-order chi connectivity index (χ1) is 4.95. The first-order valence-electron chi connectivity index (χ1n) is 3.88. The Morgan fingerprint density at radius 3 is 1.73 bits per heavy atom. The van der Waals surface area contributed by atoms with Gasteiger partial charge in [-0.2, -0.15) is 8.78 Å². The van der Waals surface area contributed by atoms with Gasteiger partial charge in [-0.3, -0.25) is 0 Å². The van der Waals surface area contributed by atoms with E-state index >= 15 is 0 Å². The minimum Gasteiger partial charge on any atom is -0.320 e. The summed E-state index contributed by atoms with van der Waals surface area (Å²) in [4.78, 5) is 0. The van der Waals surface area contributed by atoms with Crippen molar-refractivity contribution in [2.24, 2.45) is 11.8 Å². The Labute approximate surface area is 66.7 Å². The van der Waals surface area contributed by atoms with Gasteiger partial charge < -0.3 is 4.74 Å². The minimum absolute atomic E-state index is 0.170. The zero-order valence-electron chi connectivity index (χ0n) is 7.47. The highest BCUT2D eigenvalue weighted by Crippen LogP contribution is 2.18. The molecule has 68 valence electrons. The van der Waals surface area contributed by atoms with Gasteiger partial charge >= 0.3 is 6.61 Å². The third kappa shape index (κ3) is 4.30. The molecular weight excluding hydrogens is 150 g/mol. The van der Waals surface area contributed by atoms with Crippen LogP contribution in [-0.2, 0) is 4.74 Å². The Balaban J connectivity index is 3.73. The van der Waals surface area contributed by atoms with E-state index in [-0.39, 0.29) is 12.0 Å². The van der Waals surface area contributed by atoms with Crippen molar-refractivity contribution in [2.45, 2.75) is 40.4 Å². The van der Waals surface area contributed by atoms with E-state index in [0.717, 1.165) is 0 Å². The van der Waals surface area contributed by atoms with Crippen LogP contribution in [-0.4, -0.2) is 12.7 Å². The topological polar surface area (TPSA) is 9.23 Å². The molecule has 3 heteroatoms. The first-order valence-corrected chi connectivity index (χ1v) is 3.88. The van der Waals surface area contributed by atoms with Crippen LogP contribution in [0.25, 0.3) is 0 Å². The largest absolute Gasteiger partial charge is 0.345 e. The summed E-state index contributed by atoms with van der Waals surface area (Å²) in [6, 6.07) is 0. The number of halogens is 2. The van der Waals surface area contributed by atoms with Gasteiger partial charge in [-0.05, 0) is 18.8 Å². The van der Waals surface area contributed by atoms with Crippen LogP contribution in [0.4, 0.5) is 8.78 Å². The maximum absolute atomic E-state index is 11.7. The van der Waals surface area contributed by atoms with Gasteiger partial charge in [0, 0.05) is 0 Å². The lowest BCUT2D eigenvalue weighted by Gasteiger charge is -2.22. The fourth-order valence-corrected chi connectivity index (χ4v) is 0.828. The number of rotatable bonds is 4. The lowest BCUT2D eigenvalue weighted by molar-refractivity contribution is -0.172. The van der Waals surface area contributed by atoms with E-state index in [1.165, 1.54) is 0 Å². The molecule has 1 nitrogen and oxygen atoms in total. The van der Waals surface area contributed by atoms with Gasteiger partial charge in [0.15, 0.2) is 0 Å². The summed E-state index contributed by atoms with van der Waals surface area (Å²) in [5.41, 5.74) is 0. The van der Waals surface area contributed by atoms with Crippen molar-refractivity contribution in [3.8, 4) is 0 Å². The molecule has 0 spiro atoms. The number of alkyl halides is 2. The number of ether oxygens (including phenoxy) is 1. The monoisotopic (exact) mass is 166 g/mol. The second-order valence-electron chi connectivity index (χ2n) is 3.20. The highest BCUT2D eigenvalue weighted by Gasteiger charge is 2.19. The standard InChI is InChI=1S/C8H16F2O/c1-5(2)6(3)7(4)11-8(9)10/h5-8H,1-4H3. The first kappa shape index (κ1) is 10.8. The molecule has 0 aromatic heterocycles. The fraction of sp³-hybridized carbons (Fsp3) is 1.00. The van der Waals surface area contributed by atoms with Crippen LogP contribution in [0.15, 0.2) is 0 Å². The van der Waals surface area contributed by atoms with E-state index in [0.29, 0.717) is 5.92 Å². The summed E-state index contributed by atoms with van der Waals surface area (Å²) in [6.45, 7) is 4.94. The van der Waals surface area contributed by atoms with Gasteiger partial charge in [0.1, 0.15) is 0 Å². The smallest absolute Gasteiger partial charge is 0.320 e. The molecule has 0 saturated carbocycles. The van der Waals surface area contributed by atoms with E-state index in [1.807, 2.05) is 20.8 Å². The summed E-state index contributed by atoms with van der Waals surface area (Å²) in [5, 5.41) is 0. The molecule has 0 bridgehead atoms. The van der Waals surface area contributed by atoms with Crippen LogP contribution in [0.1, 0.15) is 27.7 Å². The lowest BCUT2D eigenvalue weighted by atomic mass is 9.93. The zero-order valence-corrected chi connectivity index (χ0v) is 7.47. The number of hydrogen-bond donors (Lipinski definition) is 0. The van der Waals surface area contributed by atoms with E-state index in [4.69, 9.17) is 0 Å². The van der Waals surface area contributed by atoms with E-state index in [2.05, 4.69) is 4.74 Å². The SMILES string of the molecule is CC(C)C(C)C(C)OC(F)F. The van der Waals surface area contributed by atoms with E-state index in [9.17, 15) is 8.78 Å². The molecule has 0 heterocycles. The Hall–Kier alpha value is -0.180. The normalized spacial score (nSPS) is 17.5. The van der Waals surface area contributed by atoms with Gasteiger partial charge in [-0.1, -0.05) is 20.8 Å². The van der Waals surface area contributed by atoms with Crippen molar-refractivity contribution >= 4 is 0 Å². The second-order valence-corrected chi connectivity index (χ2v) is 3.20. The predicted octanol–water partition coefficient (Wildman–Crippen LogP) is 2.91. The Bertz CT molecular complexity index is 104. The molecule has 0 radical (unpaired) electrons. The van der Waals surface area contributed by atoms with Crippen LogP contribution < -0.4 is 0 Å².